The fourth-order valence-corrected chi connectivity index (χ4v) is 1.93. The summed E-state index contributed by atoms with van der Waals surface area (Å²) in [4.78, 5) is 22.3. The predicted octanol–water partition coefficient (Wildman–Crippen LogP) is 2.15. The van der Waals surface area contributed by atoms with Gasteiger partial charge in [-0.1, -0.05) is 12.1 Å². The van der Waals surface area contributed by atoms with Crippen LogP contribution in [-0.2, 0) is 9.53 Å². The molecule has 0 saturated carbocycles. The second-order valence-electron chi connectivity index (χ2n) is 2.86. The Hall–Kier alpha value is -1.29. The van der Waals surface area contributed by atoms with Crippen LogP contribution < -0.4 is 0 Å². The number of aldehydes is 1. The Morgan fingerprint density at radius 2 is 2.33 bits per heavy atom. The van der Waals surface area contributed by atoms with E-state index in [-0.39, 0.29) is 5.97 Å². The second-order valence-corrected chi connectivity index (χ2v) is 4.03. The first-order chi connectivity index (χ1) is 7.26. The van der Waals surface area contributed by atoms with Crippen molar-refractivity contribution in [3.05, 3.63) is 29.8 Å². The molecule has 0 spiro atoms. The summed E-state index contributed by atoms with van der Waals surface area (Å²) in [5.74, 6) is 0.448. The van der Waals surface area contributed by atoms with Gasteiger partial charge in [-0.2, -0.15) is 0 Å². The van der Waals surface area contributed by atoms with Crippen LogP contribution in [-0.4, -0.2) is 25.1 Å². The van der Waals surface area contributed by atoms with E-state index in [0.717, 1.165) is 11.2 Å². The van der Waals surface area contributed by atoms with Crippen LogP contribution in [0.4, 0.5) is 0 Å². The molecule has 0 saturated heterocycles. The molecular formula is C11H12O3S. The van der Waals surface area contributed by atoms with Gasteiger partial charge in [-0.15, -0.1) is 11.8 Å². The maximum atomic E-state index is 10.8. The van der Waals surface area contributed by atoms with Crippen molar-refractivity contribution in [2.24, 2.45) is 0 Å². The average molecular weight is 224 g/mol. The number of hydrogen-bond donors (Lipinski definition) is 0. The first kappa shape index (κ1) is 11.8. The van der Waals surface area contributed by atoms with E-state index in [4.69, 9.17) is 0 Å². The Bertz CT molecular complexity index is 349. The molecule has 15 heavy (non-hydrogen) atoms. The molecular weight excluding hydrogens is 212 g/mol. The van der Waals surface area contributed by atoms with Crippen LogP contribution in [0.5, 0.6) is 0 Å². The number of carbonyl (C=O) groups excluding carboxylic acids is 2. The molecule has 1 aromatic rings. The average Bonchev–Trinajstić information content (AvgIpc) is 2.29. The zero-order chi connectivity index (χ0) is 11.1. The molecule has 0 aromatic heterocycles. The summed E-state index contributed by atoms with van der Waals surface area (Å²) in [6, 6.07) is 7.28. The van der Waals surface area contributed by atoms with E-state index in [0.29, 0.717) is 17.7 Å². The lowest BCUT2D eigenvalue weighted by Crippen LogP contribution is -2.00. The molecule has 80 valence electrons. The molecule has 0 aliphatic carbocycles. The summed E-state index contributed by atoms with van der Waals surface area (Å²) >= 11 is 1.53. The number of rotatable bonds is 5. The topological polar surface area (TPSA) is 43.4 Å². The number of benzene rings is 1. The smallest absolute Gasteiger partial charge is 0.306 e. The molecule has 0 heterocycles. The van der Waals surface area contributed by atoms with Crippen molar-refractivity contribution in [3.63, 3.8) is 0 Å². The van der Waals surface area contributed by atoms with Crippen molar-refractivity contribution in [1.29, 1.82) is 0 Å². The number of esters is 1. The molecule has 1 aromatic carbocycles. The van der Waals surface area contributed by atoms with E-state index in [2.05, 4.69) is 4.74 Å². The largest absolute Gasteiger partial charge is 0.469 e. The summed E-state index contributed by atoms with van der Waals surface area (Å²) in [5.41, 5.74) is 0.651. The maximum Gasteiger partial charge on any atom is 0.306 e. The molecule has 0 aliphatic rings. The van der Waals surface area contributed by atoms with Gasteiger partial charge in [0.1, 0.15) is 6.29 Å². The highest BCUT2D eigenvalue weighted by molar-refractivity contribution is 7.99. The minimum atomic E-state index is -0.214. The SMILES string of the molecule is COC(=O)CCSc1cccc(C=O)c1. The van der Waals surface area contributed by atoms with Crippen molar-refractivity contribution in [2.45, 2.75) is 11.3 Å². The zero-order valence-electron chi connectivity index (χ0n) is 8.43. The standard InChI is InChI=1S/C11H12O3S/c1-14-11(13)5-6-15-10-4-2-3-9(7-10)8-12/h2-4,7-8H,5-6H2,1H3. The van der Waals surface area contributed by atoms with E-state index in [9.17, 15) is 9.59 Å². The molecule has 0 bridgehead atoms. The summed E-state index contributed by atoms with van der Waals surface area (Å²) < 4.78 is 4.52. The van der Waals surface area contributed by atoms with Gasteiger partial charge in [0.15, 0.2) is 0 Å². The lowest BCUT2D eigenvalue weighted by molar-refractivity contribution is -0.140. The third-order valence-electron chi connectivity index (χ3n) is 1.80. The van der Waals surface area contributed by atoms with E-state index < -0.39 is 0 Å². The van der Waals surface area contributed by atoms with Gasteiger partial charge < -0.3 is 4.74 Å². The van der Waals surface area contributed by atoms with Gasteiger partial charge >= 0.3 is 5.97 Å². The van der Waals surface area contributed by atoms with Gasteiger partial charge in [-0.05, 0) is 12.1 Å². The summed E-state index contributed by atoms with van der Waals surface area (Å²) in [6.45, 7) is 0. The normalized spacial score (nSPS) is 9.67. The van der Waals surface area contributed by atoms with Crippen LogP contribution in [0, 0.1) is 0 Å². The van der Waals surface area contributed by atoms with Crippen LogP contribution in [0.3, 0.4) is 0 Å². The van der Waals surface area contributed by atoms with Crippen LogP contribution in [0.25, 0.3) is 0 Å². The third kappa shape index (κ3) is 4.16. The number of methoxy groups -OCH3 is 1. The number of carbonyl (C=O) groups is 2. The number of ether oxygens (including phenoxy) is 1. The Balaban J connectivity index is 2.43. The zero-order valence-corrected chi connectivity index (χ0v) is 9.25. The minimum Gasteiger partial charge on any atom is -0.469 e. The monoisotopic (exact) mass is 224 g/mol. The van der Waals surface area contributed by atoms with Crippen molar-refractivity contribution in [1.82, 2.24) is 0 Å². The lowest BCUT2D eigenvalue weighted by Gasteiger charge is -2.01. The van der Waals surface area contributed by atoms with E-state index in [1.165, 1.54) is 18.9 Å². The molecule has 4 heteroatoms. The quantitative estimate of drug-likeness (QED) is 0.436. The fraction of sp³-hybridized carbons (Fsp3) is 0.273. The number of hydrogen-bond acceptors (Lipinski definition) is 4. The van der Waals surface area contributed by atoms with E-state index >= 15 is 0 Å². The van der Waals surface area contributed by atoms with Crippen molar-refractivity contribution in [2.75, 3.05) is 12.9 Å². The molecule has 0 aliphatic heterocycles. The van der Waals surface area contributed by atoms with Crippen LogP contribution in [0.2, 0.25) is 0 Å². The highest BCUT2D eigenvalue weighted by Gasteiger charge is 2.01. The Morgan fingerprint density at radius 3 is 3.00 bits per heavy atom. The van der Waals surface area contributed by atoms with Crippen LogP contribution >= 0.6 is 11.8 Å². The Labute approximate surface area is 92.8 Å². The van der Waals surface area contributed by atoms with Crippen LogP contribution in [0.15, 0.2) is 29.2 Å². The second kappa shape index (κ2) is 6.24. The summed E-state index contributed by atoms with van der Waals surface area (Å²) in [6.07, 6.45) is 1.19. The fourth-order valence-electron chi connectivity index (χ4n) is 1.03. The van der Waals surface area contributed by atoms with Gasteiger partial charge in [0.05, 0.1) is 13.5 Å². The molecule has 1 rings (SSSR count). The Kier molecular flexibility index (Phi) is 4.90. The molecule has 0 fully saturated rings. The van der Waals surface area contributed by atoms with Gasteiger partial charge in [-0.25, -0.2) is 0 Å². The summed E-state index contributed by atoms with van der Waals surface area (Å²) in [7, 11) is 1.38. The van der Waals surface area contributed by atoms with E-state index in [1.54, 1.807) is 12.1 Å². The predicted molar refractivity (Wildman–Crippen MR) is 59.2 cm³/mol. The van der Waals surface area contributed by atoms with Gasteiger partial charge in [0.25, 0.3) is 0 Å². The van der Waals surface area contributed by atoms with E-state index in [1.807, 2.05) is 12.1 Å². The van der Waals surface area contributed by atoms with Crippen LogP contribution in [0.1, 0.15) is 16.8 Å². The van der Waals surface area contributed by atoms with Gasteiger partial charge in [0, 0.05) is 16.2 Å². The molecule has 0 radical (unpaired) electrons. The minimum absolute atomic E-state index is 0.214. The van der Waals surface area contributed by atoms with Crippen molar-refractivity contribution >= 4 is 24.0 Å². The van der Waals surface area contributed by atoms with Gasteiger partial charge in [0.2, 0.25) is 0 Å². The van der Waals surface area contributed by atoms with Gasteiger partial charge in [-0.3, -0.25) is 9.59 Å². The first-order valence-electron chi connectivity index (χ1n) is 4.51. The Morgan fingerprint density at radius 1 is 1.53 bits per heavy atom. The highest BCUT2D eigenvalue weighted by atomic mass is 32.2. The maximum absolute atomic E-state index is 10.8. The molecule has 3 nitrogen and oxygen atoms in total. The molecule has 0 amide bonds. The third-order valence-corrected chi connectivity index (χ3v) is 2.79. The lowest BCUT2D eigenvalue weighted by atomic mass is 10.2. The summed E-state index contributed by atoms with van der Waals surface area (Å²) in [5, 5.41) is 0. The van der Waals surface area contributed by atoms with Crippen molar-refractivity contribution < 1.29 is 14.3 Å². The first-order valence-corrected chi connectivity index (χ1v) is 5.49. The number of thioether (sulfide) groups is 1. The van der Waals surface area contributed by atoms with Crippen molar-refractivity contribution in [3.8, 4) is 0 Å². The molecule has 0 atom stereocenters. The molecule has 0 N–H and O–H groups in total. The molecule has 0 unspecified atom stereocenters. The highest BCUT2D eigenvalue weighted by Crippen LogP contribution is 2.19.